The average Bonchev–Trinajstić information content (AvgIpc) is 3.10. The third-order valence-electron chi connectivity index (χ3n) is 5.70. The van der Waals surface area contributed by atoms with Crippen LogP contribution in [0.4, 0.5) is 0 Å². The van der Waals surface area contributed by atoms with Crippen LogP contribution in [0.2, 0.25) is 0 Å². The van der Waals surface area contributed by atoms with Crippen molar-refractivity contribution in [2.45, 2.75) is 79.1 Å². The number of aryl methyl sites for hydroxylation is 4. The van der Waals surface area contributed by atoms with Crippen LogP contribution in [0.5, 0.6) is 0 Å². The molecule has 0 atom stereocenters. The second kappa shape index (κ2) is 11.1. The van der Waals surface area contributed by atoms with Crippen LogP contribution in [0, 0.1) is 3.89 Å². The number of rotatable bonds is 10. The zero-order valence-corrected chi connectivity index (χ0v) is 20.5. The van der Waals surface area contributed by atoms with Gasteiger partial charge in [0, 0.05) is 0 Å². The van der Waals surface area contributed by atoms with Crippen molar-refractivity contribution in [3.8, 4) is 11.4 Å². The predicted molar refractivity (Wildman–Crippen MR) is 124 cm³/mol. The van der Waals surface area contributed by atoms with Crippen molar-refractivity contribution in [2.75, 3.05) is 0 Å². The second-order valence-corrected chi connectivity index (χ2v) is 8.82. The van der Waals surface area contributed by atoms with Crippen LogP contribution in [-0.2, 0) is 44.4 Å². The number of para-hydroxylation sites is 2. The van der Waals surface area contributed by atoms with Gasteiger partial charge in [0.15, 0.2) is 0 Å². The van der Waals surface area contributed by atoms with E-state index in [2.05, 4.69) is 104 Å². The molecule has 3 heteroatoms. The quantitative estimate of drug-likeness (QED) is 0.265. The van der Waals surface area contributed by atoms with Crippen LogP contribution in [-0.4, -0.2) is 9.13 Å². The molecule has 0 fully saturated rings. The Morgan fingerprint density at radius 3 is 1.13 bits per heavy atom. The van der Waals surface area contributed by atoms with E-state index >= 15 is 0 Å². The molecule has 0 N–H and O–H groups in total. The van der Waals surface area contributed by atoms with Crippen LogP contribution in [0.1, 0.15) is 75.6 Å². The molecule has 2 aromatic carbocycles. The summed E-state index contributed by atoms with van der Waals surface area (Å²) in [5.41, 5.74) is 8.49. The predicted octanol–water partition coefficient (Wildman–Crippen LogP) is 7.16. The van der Waals surface area contributed by atoms with E-state index in [-0.39, 0.29) is 0 Å². The molecule has 30 heavy (non-hydrogen) atoms. The van der Waals surface area contributed by atoms with Crippen molar-refractivity contribution < 1.29 is 18.7 Å². The van der Waals surface area contributed by atoms with E-state index in [9.17, 15) is 0 Å². The van der Waals surface area contributed by atoms with E-state index in [1.807, 2.05) is 0 Å². The van der Waals surface area contributed by atoms with Crippen LogP contribution in [0.15, 0.2) is 48.8 Å². The number of aromatic nitrogens is 2. The summed E-state index contributed by atoms with van der Waals surface area (Å²) in [7, 11) is 0. The first-order chi connectivity index (χ1) is 14.7. The molecule has 3 rings (SSSR count). The van der Waals surface area contributed by atoms with E-state index in [1.54, 1.807) is 0 Å². The fourth-order valence-corrected chi connectivity index (χ4v) is 5.05. The first kappa shape index (κ1) is 23.0. The van der Waals surface area contributed by atoms with E-state index in [0.29, 0.717) is 0 Å². The maximum atomic E-state index is 3.65. The molecule has 0 aliphatic rings. The van der Waals surface area contributed by atoms with Gasteiger partial charge in [-0.05, 0) is 0 Å². The topological polar surface area (TPSA) is 9.86 Å². The number of nitrogens with zero attached hydrogens (tertiary/aromatic N) is 2. The van der Waals surface area contributed by atoms with Crippen molar-refractivity contribution in [2.24, 2.45) is 0 Å². The summed E-state index contributed by atoms with van der Waals surface area (Å²) < 4.78 is 5.88. The van der Waals surface area contributed by atoms with E-state index in [4.69, 9.17) is 0 Å². The van der Waals surface area contributed by atoms with Crippen LogP contribution in [0.3, 0.4) is 0 Å². The molecule has 164 valence electrons. The molecule has 2 nitrogen and oxygen atoms in total. The Morgan fingerprint density at radius 2 is 0.867 bits per heavy atom. The molecule has 1 heterocycles. The molecular formula is C27H36N2Pd. The monoisotopic (exact) mass is 494 g/mol. The molecule has 0 aliphatic heterocycles. The fraction of sp³-hybridized carbons (Fsp3) is 0.444. The van der Waals surface area contributed by atoms with Crippen molar-refractivity contribution in [1.29, 1.82) is 0 Å². The Balaban J connectivity index is 2.21. The molecular weight excluding hydrogens is 459 g/mol. The summed E-state index contributed by atoms with van der Waals surface area (Å²) in [4.78, 5) is 0. The molecule has 0 saturated carbocycles. The van der Waals surface area contributed by atoms with E-state index < -0.39 is 0 Å². The Bertz CT molecular complexity index is 897. The molecule has 0 saturated heterocycles. The van der Waals surface area contributed by atoms with Gasteiger partial charge in [-0.3, -0.25) is 0 Å². The standard InChI is InChI=1S/C27H36N2.Pd/c1-5-11-22-15-9-16-23(12-6-2)26(22)28-19-20-29(21-28)27-24(13-7-3)17-10-18-25(27)14-8-4;/h9-10,15-20H,5-8,11-14H2,1-4H3;. The van der Waals surface area contributed by atoms with Gasteiger partial charge in [0.05, 0.1) is 0 Å². The SMILES string of the molecule is CCCc1cccc(CCC)c1-n1ccn(-c2c(CCC)cccc2CCC)[c]1=[Pd]. The summed E-state index contributed by atoms with van der Waals surface area (Å²) in [5.74, 6) is 0. The molecule has 0 unspecified atom stereocenters. The first-order valence-corrected chi connectivity index (χ1v) is 12.4. The number of imidazole rings is 1. The van der Waals surface area contributed by atoms with Gasteiger partial charge in [0.1, 0.15) is 0 Å². The fourth-order valence-electron chi connectivity index (χ4n) is 4.48. The van der Waals surface area contributed by atoms with Gasteiger partial charge in [0.2, 0.25) is 0 Å². The third-order valence-corrected chi connectivity index (χ3v) is 6.45. The minimum absolute atomic E-state index is 1.11. The normalized spacial score (nSPS) is 11.3. The zero-order chi connectivity index (χ0) is 21.5. The van der Waals surface area contributed by atoms with E-state index in [0.717, 1.165) is 55.3 Å². The van der Waals surface area contributed by atoms with Gasteiger partial charge in [-0.15, -0.1) is 0 Å². The Hall–Kier alpha value is -1.69. The molecule has 0 spiro atoms. The van der Waals surface area contributed by atoms with Crippen molar-refractivity contribution in [3.63, 3.8) is 0 Å². The van der Waals surface area contributed by atoms with Crippen molar-refractivity contribution in [3.05, 3.63) is 74.9 Å². The third kappa shape index (κ3) is 4.79. The van der Waals surface area contributed by atoms with Gasteiger partial charge >= 0.3 is 193 Å². The Kier molecular flexibility index (Phi) is 8.49. The number of hydrogen-bond acceptors (Lipinski definition) is 0. The summed E-state index contributed by atoms with van der Waals surface area (Å²) in [6, 6.07) is 13.6. The summed E-state index contributed by atoms with van der Waals surface area (Å²) in [6.45, 7) is 9.06. The average molecular weight is 495 g/mol. The van der Waals surface area contributed by atoms with Crippen LogP contribution < -0.4 is 0 Å². The molecule has 1 aromatic heterocycles. The molecule has 0 bridgehead atoms. The molecule has 3 aromatic rings. The maximum absolute atomic E-state index is 3.65. The van der Waals surface area contributed by atoms with Crippen LogP contribution in [0.25, 0.3) is 11.4 Å². The van der Waals surface area contributed by atoms with E-state index in [1.165, 1.54) is 33.6 Å². The molecule has 0 amide bonds. The summed E-state index contributed by atoms with van der Waals surface area (Å²) in [5, 5.41) is 0. The Morgan fingerprint density at radius 1 is 0.567 bits per heavy atom. The van der Waals surface area contributed by atoms with Crippen molar-refractivity contribution >= 4 is 0 Å². The number of hydrogen-bond donors (Lipinski definition) is 0. The van der Waals surface area contributed by atoms with Gasteiger partial charge in [-0.2, -0.15) is 0 Å². The first-order valence-electron chi connectivity index (χ1n) is 11.6. The molecule has 0 radical (unpaired) electrons. The minimum atomic E-state index is 1.11. The summed E-state index contributed by atoms with van der Waals surface area (Å²) >= 11 is 3.65. The van der Waals surface area contributed by atoms with Crippen LogP contribution >= 0.6 is 0 Å². The summed E-state index contributed by atoms with van der Waals surface area (Å²) in [6.07, 6.45) is 13.5. The van der Waals surface area contributed by atoms with Gasteiger partial charge < -0.3 is 0 Å². The Labute approximate surface area is 192 Å². The number of benzene rings is 2. The second-order valence-electron chi connectivity index (χ2n) is 8.13. The van der Waals surface area contributed by atoms with Gasteiger partial charge in [-0.1, -0.05) is 0 Å². The van der Waals surface area contributed by atoms with Crippen molar-refractivity contribution in [1.82, 2.24) is 9.13 Å². The zero-order valence-electron chi connectivity index (χ0n) is 19.0. The van der Waals surface area contributed by atoms with Gasteiger partial charge in [0.25, 0.3) is 0 Å². The van der Waals surface area contributed by atoms with Gasteiger partial charge in [-0.25, -0.2) is 0 Å². The molecule has 0 aliphatic carbocycles.